The van der Waals surface area contributed by atoms with E-state index in [1.807, 2.05) is 42.6 Å². The average Bonchev–Trinajstić information content (AvgIpc) is 2.74. The van der Waals surface area contributed by atoms with Crippen molar-refractivity contribution < 1.29 is 39.6 Å². The maximum atomic E-state index is 12.8. The first-order valence-corrected chi connectivity index (χ1v) is 9.45. The van der Waals surface area contributed by atoms with E-state index in [0.29, 0.717) is 19.8 Å². The molecule has 8 heteroatoms. The summed E-state index contributed by atoms with van der Waals surface area (Å²) in [6, 6.07) is 17.2. The molecular formula is C22H21BrF3N3O. The summed E-state index contributed by atoms with van der Waals surface area (Å²) in [7, 11) is 0. The summed E-state index contributed by atoms with van der Waals surface area (Å²) >= 11 is 0. The summed E-state index contributed by atoms with van der Waals surface area (Å²) in [6.45, 7) is 3.19. The molecule has 0 atom stereocenters. The molecular weight excluding hydrogens is 459 g/mol. The lowest BCUT2D eigenvalue weighted by Gasteiger charge is -2.26. The number of alkyl halides is 3. The minimum absolute atomic E-state index is 0. The molecule has 30 heavy (non-hydrogen) atoms. The summed E-state index contributed by atoms with van der Waals surface area (Å²) in [4.78, 5) is 2.17. The number of ether oxygens (including phenoxy) is 1. The van der Waals surface area contributed by atoms with Crippen molar-refractivity contribution in [3.8, 4) is 11.1 Å². The van der Waals surface area contributed by atoms with Gasteiger partial charge in [-0.25, -0.2) is 0 Å². The van der Waals surface area contributed by atoms with Crippen LogP contribution in [0.25, 0.3) is 11.1 Å². The molecule has 2 aromatic carbocycles. The molecule has 158 valence electrons. The van der Waals surface area contributed by atoms with Gasteiger partial charge >= 0.3 is 6.18 Å². The van der Waals surface area contributed by atoms with E-state index in [9.17, 15) is 13.2 Å². The van der Waals surface area contributed by atoms with Gasteiger partial charge in [-0.15, -0.1) is 0 Å². The number of hydrogen-bond donors (Lipinski definition) is 0. The standard InChI is InChI=1S/C22H21F3N3O.BrH/c23-22(24,25)20-8-6-17(7-9-20)15-28-16-19(18-4-2-1-3-5-18)14-21(26-28)27-10-12-29-13-11-27;/h1-9,14,16H,10-13,15H2;1H/q+1;/p-1. The molecule has 0 spiro atoms. The lowest BCUT2D eigenvalue weighted by Crippen LogP contribution is -3.00. The van der Waals surface area contributed by atoms with Crippen LogP contribution in [-0.2, 0) is 17.5 Å². The van der Waals surface area contributed by atoms with Crippen molar-refractivity contribution in [3.63, 3.8) is 0 Å². The molecule has 0 bridgehead atoms. The fraction of sp³-hybridized carbons (Fsp3) is 0.273. The fourth-order valence-electron chi connectivity index (χ4n) is 3.33. The Morgan fingerprint density at radius 3 is 2.23 bits per heavy atom. The number of morpholine rings is 1. The first-order chi connectivity index (χ1) is 14.0. The molecule has 1 saturated heterocycles. The summed E-state index contributed by atoms with van der Waals surface area (Å²) in [5.41, 5.74) is 2.18. The average molecular weight is 480 g/mol. The van der Waals surface area contributed by atoms with Crippen LogP contribution in [0.4, 0.5) is 19.0 Å². The molecule has 0 N–H and O–H groups in total. The summed E-state index contributed by atoms with van der Waals surface area (Å²) in [5.74, 6) is 0.835. The fourth-order valence-corrected chi connectivity index (χ4v) is 3.33. The Balaban J connectivity index is 0.00000256. The van der Waals surface area contributed by atoms with E-state index >= 15 is 0 Å². The first kappa shape index (κ1) is 22.2. The Morgan fingerprint density at radius 2 is 1.60 bits per heavy atom. The third-order valence-corrected chi connectivity index (χ3v) is 4.87. The second-order valence-electron chi connectivity index (χ2n) is 6.94. The predicted molar refractivity (Wildman–Crippen MR) is 103 cm³/mol. The third kappa shape index (κ3) is 5.37. The van der Waals surface area contributed by atoms with Crippen molar-refractivity contribution in [2.45, 2.75) is 12.7 Å². The van der Waals surface area contributed by atoms with Crippen LogP contribution >= 0.6 is 0 Å². The van der Waals surface area contributed by atoms with E-state index in [2.05, 4.69) is 4.90 Å². The second kappa shape index (κ2) is 9.57. The van der Waals surface area contributed by atoms with Crippen molar-refractivity contribution in [2.24, 2.45) is 0 Å². The second-order valence-corrected chi connectivity index (χ2v) is 6.94. The highest BCUT2D eigenvalue weighted by Gasteiger charge is 2.30. The van der Waals surface area contributed by atoms with Crippen LogP contribution in [0.1, 0.15) is 11.1 Å². The molecule has 1 aliphatic heterocycles. The number of nitrogens with zero attached hydrogens (tertiary/aromatic N) is 3. The van der Waals surface area contributed by atoms with Gasteiger partial charge in [0, 0.05) is 29.8 Å². The monoisotopic (exact) mass is 479 g/mol. The van der Waals surface area contributed by atoms with Crippen LogP contribution in [-0.4, -0.2) is 31.4 Å². The Morgan fingerprint density at radius 1 is 0.933 bits per heavy atom. The van der Waals surface area contributed by atoms with Crippen LogP contribution in [0, 0.1) is 0 Å². The highest BCUT2D eigenvalue weighted by molar-refractivity contribution is 5.64. The number of benzene rings is 2. The van der Waals surface area contributed by atoms with Gasteiger partial charge in [0.25, 0.3) is 0 Å². The van der Waals surface area contributed by atoms with E-state index < -0.39 is 11.7 Å². The quantitative estimate of drug-likeness (QED) is 0.521. The molecule has 3 aromatic rings. The number of hydrogen-bond acceptors (Lipinski definition) is 3. The summed E-state index contributed by atoms with van der Waals surface area (Å²) < 4.78 is 45.7. The van der Waals surface area contributed by atoms with Crippen LogP contribution in [0.5, 0.6) is 0 Å². The Kier molecular flexibility index (Phi) is 7.10. The minimum atomic E-state index is -4.33. The Bertz CT molecular complexity index is 960. The number of aromatic nitrogens is 2. The molecule has 0 amide bonds. The third-order valence-electron chi connectivity index (χ3n) is 4.87. The van der Waals surface area contributed by atoms with E-state index in [0.717, 1.165) is 47.7 Å². The zero-order valence-corrected chi connectivity index (χ0v) is 17.7. The van der Waals surface area contributed by atoms with Crippen LogP contribution < -0.4 is 26.6 Å². The molecule has 1 fully saturated rings. The maximum absolute atomic E-state index is 12.8. The highest BCUT2D eigenvalue weighted by atomic mass is 79.9. The van der Waals surface area contributed by atoms with Crippen LogP contribution in [0.15, 0.2) is 66.9 Å². The minimum Gasteiger partial charge on any atom is -1.00 e. The van der Waals surface area contributed by atoms with Gasteiger partial charge in [0.2, 0.25) is 6.20 Å². The van der Waals surface area contributed by atoms with Crippen molar-refractivity contribution in [1.82, 2.24) is 5.10 Å². The molecule has 0 radical (unpaired) electrons. The van der Waals surface area contributed by atoms with E-state index in [4.69, 9.17) is 9.84 Å². The van der Waals surface area contributed by atoms with Gasteiger partial charge in [0.1, 0.15) is 0 Å². The topological polar surface area (TPSA) is 29.2 Å². The van der Waals surface area contributed by atoms with Crippen molar-refractivity contribution in [2.75, 3.05) is 31.2 Å². The predicted octanol–water partition coefficient (Wildman–Crippen LogP) is 0.944. The zero-order chi connectivity index (χ0) is 20.3. The normalized spacial score (nSPS) is 14.3. The first-order valence-electron chi connectivity index (χ1n) is 9.45. The van der Waals surface area contributed by atoms with Crippen molar-refractivity contribution >= 4 is 5.82 Å². The Labute approximate surface area is 183 Å². The molecule has 4 nitrogen and oxygen atoms in total. The van der Waals surface area contributed by atoms with Gasteiger partial charge in [0.15, 0.2) is 12.4 Å². The van der Waals surface area contributed by atoms with Gasteiger partial charge in [0.05, 0.1) is 24.3 Å². The molecule has 0 unspecified atom stereocenters. The smallest absolute Gasteiger partial charge is 0.416 e. The van der Waals surface area contributed by atoms with Gasteiger partial charge in [-0.05, 0) is 17.7 Å². The van der Waals surface area contributed by atoms with E-state index in [-0.39, 0.29) is 17.0 Å². The number of halogens is 4. The number of rotatable bonds is 4. The lowest BCUT2D eigenvalue weighted by atomic mass is 10.1. The Hall–Kier alpha value is -2.45. The molecule has 0 aliphatic carbocycles. The van der Waals surface area contributed by atoms with Crippen molar-refractivity contribution in [3.05, 3.63) is 78.0 Å². The number of anilines is 1. The van der Waals surface area contributed by atoms with Gasteiger partial charge in [-0.3, -0.25) is 0 Å². The summed E-state index contributed by atoms with van der Waals surface area (Å²) in [6.07, 6.45) is -2.41. The van der Waals surface area contributed by atoms with Crippen LogP contribution in [0.3, 0.4) is 0 Å². The SMILES string of the molecule is FC(F)(F)c1ccc(C[n+]2cc(-c3ccccc3)cc(N3CCOCC3)n2)cc1.[Br-]. The van der Waals surface area contributed by atoms with E-state index in [1.54, 1.807) is 4.68 Å². The molecule has 2 heterocycles. The largest absolute Gasteiger partial charge is 1.00 e. The maximum Gasteiger partial charge on any atom is 0.416 e. The molecule has 1 aliphatic rings. The van der Waals surface area contributed by atoms with Gasteiger partial charge < -0.3 is 26.6 Å². The molecule has 1 aromatic heterocycles. The van der Waals surface area contributed by atoms with E-state index in [1.165, 1.54) is 12.1 Å². The van der Waals surface area contributed by atoms with Gasteiger partial charge in [-0.1, -0.05) is 47.1 Å². The van der Waals surface area contributed by atoms with Gasteiger partial charge in [-0.2, -0.15) is 13.2 Å². The summed E-state index contributed by atoms with van der Waals surface area (Å²) in [5, 5.41) is 4.71. The molecule has 4 rings (SSSR count). The highest BCUT2D eigenvalue weighted by Crippen LogP contribution is 2.29. The van der Waals surface area contributed by atoms with Crippen molar-refractivity contribution in [1.29, 1.82) is 0 Å². The zero-order valence-electron chi connectivity index (χ0n) is 16.1. The molecule has 0 saturated carbocycles. The lowest BCUT2D eigenvalue weighted by molar-refractivity contribution is -0.744. The van der Waals surface area contributed by atoms with Crippen LogP contribution in [0.2, 0.25) is 0 Å².